The van der Waals surface area contributed by atoms with Crippen LogP contribution in [0.25, 0.3) is 0 Å². The Morgan fingerprint density at radius 3 is 2.50 bits per heavy atom. The molecule has 0 fully saturated rings. The summed E-state index contributed by atoms with van der Waals surface area (Å²) in [5.74, 6) is -1.37. The third-order valence-electron chi connectivity index (χ3n) is 3.29. The van der Waals surface area contributed by atoms with Gasteiger partial charge in [-0.2, -0.15) is 0 Å². The van der Waals surface area contributed by atoms with Crippen LogP contribution < -0.4 is 5.73 Å². The third-order valence-corrected chi connectivity index (χ3v) is 4.59. The van der Waals surface area contributed by atoms with Crippen LogP contribution in [0.2, 0.25) is 0 Å². The maximum Gasteiger partial charge on any atom is 0.321 e. The Labute approximate surface area is 131 Å². The van der Waals surface area contributed by atoms with Gasteiger partial charge in [-0.3, -0.25) is 13.8 Å². The number of aliphatic carboxylic acids is 1. The van der Waals surface area contributed by atoms with E-state index in [2.05, 4.69) is 9.97 Å². The van der Waals surface area contributed by atoms with Crippen LogP contribution in [0.5, 0.6) is 0 Å². The Bertz CT molecular complexity index is 579. The average Bonchev–Trinajstić information content (AvgIpc) is 2.82. The van der Waals surface area contributed by atoms with Crippen molar-refractivity contribution in [3.05, 3.63) is 11.9 Å². The normalized spacial score (nSPS) is 16.0. The zero-order chi connectivity index (χ0) is 17.1. The number of nitrogens with zero attached hydrogens (tertiary/aromatic N) is 2. The van der Waals surface area contributed by atoms with Gasteiger partial charge in [0.25, 0.3) is 0 Å². The highest BCUT2D eigenvalue weighted by atomic mass is 32.2. The number of imidazole rings is 1. The molecule has 1 aromatic rings. The summed E-state index contributed by atoms with van der Waals surface area (Å²) >= 11 is 0. The van der Waals surface area contributed by atoms with Crippen molar-refractivity contribution < 1.29 is 23.4 Å². The molecule has 0 aliphatic rings. The molecule has 4 N–H and O–H groups in total. The van der Waals surface area contributed by atoms with E-state index < -0.39 is 22.8 Å². The molecule has 0 aromatic carbocycles. The number of ketones is 1. The predicted molar refractivity (Wildman–Crippen MR) is 81.7 cm³/mol. The Balaban J connectivity index is 2.81. The number of carboxylic acids is 1. The molecule has 0 saturated carbocycles. The standard InChI is InChI=1S/C13H22N4O4S/c1-8(18)11(17(2,3)4)5-9-6-15-13(16-9)22(21)7-10(14)12(19)20/h6,10-11H,5,7,14H2,1-4H3,(H-,15,16,19,20)/p+1/t10-,11-,22?/m0/s1. The fourth-order valence-electron chi connectivity index (χ4n) is 2.04. The van der Waals surface area contributed by atoms with Crippen molar-refractivity contribution in [1.29, 1.82) is 0 Å². The molecule has 9 heteroatoms. The van der Waals surface area contributed by atoms with E-state index in [0.29, 0.717) is 16.6 Å². The summed E-state index contributed by atoms with van der Waals surface area (Å²) in [7, 11) is 4.15. The summed E-state index contributed by atoms with van der Waals surface area (Å²) in [5.41, 5.74) is 6.04. The predicted octanol–water partition coefficient (Wildman–Crippen LogP) is -0.864. The molecule has 0 spiro atoms. The van der Waals surface area contributed by atoms with Gasteiger partial charge < -0.3 is 20.3 Å². The lowest BCUT2D eigenvalue weighted by Gasteiger charge is -2.32. The van der Waals surface area contributed by atoms with E-state index in [1.807, 2.05) is 21.1 Å². The molecular weight excluding hydrogens is 308 g/mol. The lowest BCUT2D eigenvalue weighted by Crippen LogP contribution is -2.50. The van der Waals surface area contributed by atoms with Gasteiger partial charge in [-0.05, 0) is 0 Å². The maximum absolute atomic E-state index is 12.0. The van der Waals surface area contributed by atoms with E-state index in [1.165, 1.54) is 13.1 Å². The highest BCUT2D eigenvalue weighted by molar-refractivity contribution is 7.84. The summed E-state index contributed by atoms with van der Waals surface area (Å²) in [6.45, 7) is 1.54. The number of nitrogens with two attached hydrogens (primary N) is 1. The van der Waals surface area contributed by atoms with Crippen LogP contribution in [-0.2, 0) is 26.8 Å². The number of carboxylic acid groups (broad SMARTS) is 1. The van der Waals surface area contributed by atoms with Crippen molar-refractivity contribution in [1.82, 2.24) is 9.97 Å². The van der Waals surface area contributed by atoms with Crippen molar-refractivity contribution in [3.63, 3.8) is 0 Å². The van der Waals surface area contributed by atoms with Crippen LogP contribution in [0, 0.1) is 0 Å². The van der Waals surface area contributed by atoms with Crippen LogP contribution >= 0.6 is 0 Å². The van der Waals surface area contributed by atoms with Gasteiger partial charge in [-0.1, -0.05) is 0 Å². The first kappa shape index (κ1) is 18.5. The molecule has 0 bridgehead atoms. The number of hydrogen-bond donors (Lipinski definition) is 3. The van der Waals surface area contributed by atoms with Gasteiger partial charge >= 0.3 is 5.97 Å². The van der Waals surface area contributed by atoms with Gasteiger partial charge in [0.05, 0.1) is 37.7 Å². The van der Waals surface area contributed by atoms with Gasteiger partial charge in [0.15, 0.2) is 17.0 Å². The molecule has 0 aliphatic heterocycles. The second-order valence-corrected chi connectivity index (χ2v) is 7.53. The minimum atomic E-state index is -1.62. The number of aromatic nitrogens is 2. The topological polar surface area (TPSA) is 126 Å². The van der Waals surface area contributed by atoms with E-state index in [4.69, 9.17) is 10.8 Å². The van der Waals surface area contributed by atoms with E-state index in [-0.39, 0.29) is 22.7 Å². The quantitative estimate of drug-likeness (QED) is 0.532. The van der Waals surface area contributed by atoms with Crippen LogP contribution in [0.3, 0.4) is 0 Å². The number of carbonyl (C=O) groups is 2. The Morgan fingerprint density at radius 1 is 1.45 bits per heavy atom. The molecule has 0 saturated heterocycles. The van der Waals surface area contributed by atoms with Crippen molar-refractivity contribution >= 4 is 22.6 Å². The van der Waals surface area contributed by atoms with Crippen molar-refractivity contribution in [2.45, 2.75) is 30.6 Å². The van der Waals surface area contributed by atoms with E-state index >= 15 is 0 Å². The van der Waals surface area contributed by atoms with Crippen molar-refractivity contribution in [2.75, 3.05) is 26.9 Å². The van der Waals surface area contributed by atoms with Crippen LogP contribution in [0.1, 0.15) is 12.6 Å². The molecule has 1 rings (SSSR count). The fourth-order valence-corrected chi connectivity index (χ4v) is 3.08. The van der Waals surface area contributed by atoms with Crippen LogP contribution in [0.4, 0.5) is 0 Å². The summed E-state index contributed by atoms with van der Waals surface area (Å²) in [6, 6.07) is -1.45. The number of likely N-dealkylation sites (N-methyl/N-ethyl adjacent to an activating group) is 1. The molecule has 0 amide bonds. The Hall–Kier alpha value is -1.58. The van der Waals surface area contributed by atoms with E-state index in [1.54, 1.807) is 0 Å². The fraction of sp³-hybridized carbons (Fsp3) is 0.615. The molecule has 1 aromatic heterocycles. The number of carbonyl (C=O) groups excluding carboxylic acids is 1. The zero-order valence-electron chi connectivity index (χ0n) is 13.2. The number of rotatable bonds is 8. The average molecular weight is 331 g/mol. The second kappa shape index (κ2) is 7.12. The molecule has 8 nitrogen and oxygen atoms in total. The smallest absolute Gasteiger partial charge is 0.321 e. The van der Waals surface area contributed by atoms with Gasteiger partial charge in [0.2, 0.25) is 0 Å². The third kappa shape index (κ3) is 5.00. The molecule has 3 atom stereocenters. The first-order chi connectivity index (χ1) is 10.0. The largest absolute Gasteiger partial charge is 0.480 e. The van der Waals surface area contributed by atoms with E-state index in [0.717, 1.165) is 0 Å². The summed E-state index contributed by atoms with van der Waals surface area (Å²) in [4.78, 5) is 29.3. The molecule has 0 radical (unpaired) electrons. The molecule has 1 unspecified atom stereocenters. The summed E-state index contributed by atoms with van der Waals surface area (Å²) < 4.78 is 12.5. The number of Topliss-reactive ketones (excluding diaryl/α,β-unsaturated/α-hetero) is 1. The number of quaternary nitrogens is 1. The summed E-state index contributed by atoms with van der Waals surface area (Å²) in [5, 5.41) is 8.90. The van der Waals surface area contributed by atoms with Crippen LogP contribution in [0.15, 0.2) is 11.4 Å². The zero-order valence-corrected chi connectivity index (χ0v) is 14.0. The molecule has 22 heavy (non-hydrogen) atoms. The number of H-pyrrole nitrogens is 1. The number of nitrogens with one attached hydrogen (secondary N) is 1. The minimum absolute atomic E-state index is 0.0534. The maximum atomic E-state index is 12.0. The molecule has 124 valence electrons. The molecule has 0 aliphatic carbocycles. The monoisotopic (exact) mass is 331 g/mol. The summed E-state index contributed by atoms with van der Waals surface area (Å²) in [6.07, 6.45) is 1.96. The minimum Gasteiger partial charge on any atom is -0.480 e. The molecule has 1 heterocycles. The van der Waals surface area contributed by atoms with E-state index in [9.17, 15) is 13.8 Å². The SMILES string of the molecule is CC(=O)[C@H](Cc1cnc(S(=O)C[C@H](N)C(=O)O)[nH]1)[N+](C)(C)C. The number of aromatic amines is 1. The first-order valence-corrected chi connectivity index (χ1v) is 8.06. The second-order valence-electron chi connectivity index (χ2n) is 6.12. The lowest BCUT2D eigenvalue weighted by molar-refractivity contribution is -0.886. The van der Waals surface area contributed by atoms with Gasteiger partial charge in [0.1, 0.15) is 6.04 Å². The van der Waals surface area contributed by atoms with Crippen molar-refractivity contribution in [2.24, 2.45) is 5.73 Å². The van der Waals surface area contributed by atoms with Gasteiger partial charge in [0, 0.05) is 25.2 Å². The van der Waals surface area contributed by atoms with Gasteiger partial charge in [-0.25, -0.2) is 4.98 Å². The highest BCUT2D eigenvalue weighted by Crippen LogP contribution is 2.12. The highest BCUT2D eigenvalue weighted by Gasteiger charge is 2.29. The van der Waals surface area contributed by atoms with Crippen LogP contribution in [-0.4, -0.2) is 74.5 Å². The number of hydrogen-bond acceptors (Lipinski definition) is 5. The Kier molecular flexibility index (Phi) is 5.98. The molecular formula is C13H23N4O4S+. The van der Waals surface area contributed by atoms with Crippen molar-refractivity contribution in [3.8, 4) is 0 Å². The lowest BCUT2D eigenvalue weighted by atomic mass is 10.1. The van der Waals surface area contributed by atoms with Gasteiger partial charge in [-0.15, -0.1) is 0 Å². The first-order valence-electron chi connectivity index (χ1n) is 6.74. The Morgan fingerprint density at radius 2 is 2.05 bits per heavy atom.